The van der Waals surface area contributed by atoms with Crippen LogP contribution in [-0.2, 0) is 4.74 Å². The SMILES string of the molecule is CC(C)(C)OC(=O)N1CCN(c2nc(-c3ccc(F)cc3)c(-c3ccnc(NC4CCCC4)n3)s2)CC1. The number of benzene rings is 1. The van der Waals surface area contributed by atoms with E-state index in [-0.39, 0.29) is 11.9 Å². The van der Waals surface area contributed by atoms with Crippen molar-refractivity contribution < 1.29 is 13.9 Å². The highest BCUT2D eigenvalue weighted by molar-refractivity contribution is 7.19. The van der Waals surface area contributed by atoms with Crippen molar-refractivity contribution in [3.8, 4) is 21.8 Å². The van der Waals surface area contributed by atoms with Crippen LogP contribution in [0.1, 0.15) is 46.5 Å². The second-order valence-electron chi connectivity index (χ2n) is 10.5. The van der Waals surface area contributed by atoms with Gasteiger partial charge in [0.1, 0.15) is 11.4 Å². The molecule has 0 unspecified atom stereocenters. The summed E-state index contributed by atoms with van der Waals surface area (Å²) >= 11 is 1.56. The molecule has 8 nitrogen and oxygen atoms in total. The van der Waals surface area contributed by atoms with Crippen molar-refractivity contribution in [2.24, 2.45) is 0 Å². The van der Waals surface area contributed by atoms with Crippen molar-refractivity contribution in [1.29, 1.82) is 0 Å². The lowest BCUT2D eigenvalue weighted by molar-refractivity contribution is 0.0240. The Morgan fingerprint density at radius 2 is 1.76 bits per heavy atom. The summed E-state index contributed by atoms with van der Waals surface area (Å²) in [4.78, 5) is 31.6. The molecule has 0 bridgehead atoms. The van der Waals surface area contributed by atoms with E-state index < -0.39 is 5.60 Å². The quantitative estimate of drug-likeness (QED) is 0.450. The summed E-state index contributed by atoms with van der Waals surface area (Å²) in [5, 5.41) is 4.32. The monoisotopic (exact) mass is 524 g/mol. The minimum atomic E-state index is -0.522. The van der Waals surface area contributed by atoms with Gasteiger partial charge in [0, 0.05) is 44.0 Å². The Morgan fingerprint density at radius 1 is 1.05 bits per heavy atom. The molecule has 0 radical (unpaired) electrons. The lowest BCUT2D eigenvalue weighted by Gasteiger charge is -2.35. The number of hydrogen-bond donors (Lipinski definition) is 1. The van der Waals surface area contributed by atoms with Gasteiger partial charge in [0.25, 0.3) is 0 Å². The van der Waals surface area contributed by atoms with Gasteiger partial charge in [-0.3, -0.25) is 0 Å². The third kappa shape index (κ3) is 6.18. The number of aromatic nitrogens is 3. The van der Waals surface area contributed by atoms with E-state index in [0.717, 1.165) is 39.8 Å². The van der Waals surface area contributed by atoms with E-state index in [1.807, 2.05) is 26.8 Å². The van der Waals surface area contributed by atoms with Gasteiger partial charge in [-0.05, 0) is 63.9 Å². The predicted molar refractivity (Wildman–Crippen MR) is 144 cm³/mol. The van der Waals surface area contributed by atoms with Gasteiger partial charge >= 0.3 is 6.09 Å². The van der Waals surface area contributed by atoms with Gasteiger partial charge in [0.05, 0.1) is 16.3 Å². The van der Waals surface area contributed by atoms with Crippen molar-refractivity contribution >= 4 is 28.5 Å². The van der Waals surface area contributed by atoms with Gasteiger partial charge in [-0.15, -0.1) is 0 Å². The van der Waals surface area contributed by atoms with E-state index in [2.05, 4.69) is 15.2 Å². The molecule has 5 rings (SSSR count). The van der Waals surface area contributed by atoms with Crippen LogP contribution < -0.4 is 10.2 Å². The Labute approximate surface area is 220 Å². The summed E-state index contributed by atoms with van der Waals surface area (Å²) in [6.07, 6.45) is 6.20. The number of piperazine rings is 1. The Balaban J connectivity index is 1.40. The summed E-state index contributed by atoms with van der Waals surface area (Å²) in [6, 6.07) is 8.69. The molecule has 2 aromatic heterocycles. The molecule has 0 atom stereocenters. The molecule has 1 aliphatic carbocycles. The number of ether oxygens (including phenoxy) is 1. The van der Waals surface area contributed by atoms with Gasteiger partial charge < -0.3 is 19.9 Å². The standard InChI is InChI=1S/C27H33FN6O2S/c1-27(2,3)36-26(35)34-16-14-33(15-17-34)25-32-22(18-8-10-19(28)11-9-18)23(37-25)21-12-13-29-24(31-21)30-20-6-4-5-7-20/h8-13,20H,4-7,14-17H2,1-3H3,(H,29,30,31). The number of rotatable bonds is 5. The summed E-state index contributed by atoms with van der Waals surface area (Å²) in [5.41, 5.74) is 1.85. The molecule has 3 heterocycles. The normalized spacial score (nSPS) is 16.8. The van der Waals surface area contributed by atoms with E-state index in [4.69, 9.17) is 14.7 Å². The Kier molecular flexibility index (Phi) is 7.28. The van der Waals surface area contributed by atoms with Crippen LogP contribution in [0.4, 0.5) is 20.3 Å². The van der Waals surface area contributed by atoms with Crippen molar-refractivity contribution in [3.63, 3.8) is 0 Å². The van der Waals surface area contributed by atoms with Crippen LogP contribution in [0.15, 0.2) is 36.5 Å². The van der Waals surface area contributed by atoms with Crippen molar-refractivity contribution in [3.05, 3.63) is 42.3 Å². The number of nitrogens with zero attached hydrogens (tertiary/aromatic N) is 5. The average Bonchev–Trinajstić information content (AvgIpc) is 3.54. The van der Waals surface area contributed by atoms with Crippen LogP contribution in [0.25, 0.3) is 21.8 Å². The second kappa shape index (κ2) is 10.6. The van der Waals surface area contributed by atoms with Crippen molar-refractivity contribution in [2.75, 3.05) is 36.4 Å². The first-order chi connectivity index (χ1) is 17.7. The molecule has 1 aromatic carbocycles. The number of hydrogen-bond acceptors (Lipinski definition) is 8. The maximum Gasteiger partial charge on any atom is 0.410 e. The molecule has 196 valence electrons. The Morgan fingerprint density at radius 3 is 2.43 bits per heavy atom. The van der Waals surface area contributed by atoms with Crippen LogP contribution in [0.5, 0.6) is 0 Å². The fourth-order valence-corrected chi connectivity index (χ4v) is 5.74. The average molecular weight is 525 g/mol. The molecule has 2 aliphatic rings. The summed E-state index contributed by atoms with van der Waals surface area (Å²) in [5.74, 6) is 0.333. The number of carbonyl (C=O) groups excluding carboxylic acids is 1. The second-order valence-corrected chi connectivity index (χ2v) is 11.5. The lowest BCUT2D eigenvalue weighted by Crippen LogP contribution is -2.50. The number of carbonyl (C=O) groups is 1. The smallest absolute Gasteiger partial charge is 0.410 e. The van der Waals surface area contributed by atoms with Crippen LogP contribution in [-0.4, -0.2) is 63.8 Å². The molecule has 2 fully saturated rings. The number of nitrogens with one attached hydrogen (secondary N) is 1. The van der Waals surface area contributed by atoms with Crippen LogP contribution in [0.2, 0.25) is 0 Å². The fourth-order valence-electron chi connectivity index (χ4n) is 4.64. The number of thiazole rings is 1. The summed E-state index contributed by atoms with van der Waals surface area (Å²) in [6.45, 7) is 8.02. The molecule has 1 saturated heterocycles. The van der Waals surface area contributed by atoms with E-state index in [1.54, 1.807) is 34.6 Å². The minimum absolute atomic E-state index is 0.288. The highest BCUT2D eigenvalue weighted by Gasteiger charge is 2.28. The zero-order valence-electron chi connectivity index (χ0n) is 21.5. The molecular weight excluding hydrogens is 491 g/mol. The first kappa shape index (κ1) is 25.4. The molecule has 1 amide bonds. The third-order valence-corrected chi connectivity index (χ3v) is 7.65. The summed E-state index contributed by atoms with van der Waals surface area (Å²) < 4.78 is 19.2. The summed E-state index contributed by atoms with van der Waals surface area (Å²) in [7, 11) is 0. The van der Waals surface area contributed by atoms with Crippen LogP contribution >= 0.6 is 11.3 Å². The van der Waals surface area contributed by atoms with Gasteiger partial charge in [-0.25, -0.2) is 24.1 Å². The van der Waals surface area contributed by atoms with E-state index in [1.165, 1.54) is 25.0 Å². The number of halogens is 1. The maximum atomic E-state index is 13.7. The largest absolute Gasteiger partial charge is 0.444 e. The molecule has 1 aliphatic heterocycles. The van der Waals surface area contributed by atoms with E-state index in [9.17, 15) is 9.18 Å². The molecular formula is C27H33FN6O2S. The molecule has 1 N–H and O–H groups in total. The molecule has 37 heavy (non-hydrogen) atoms. The van der Waals surface area contributed by atoms with Crippen LogP contribution in [0.3, 0.4) is 0 Å². The van der Waals surface area contributed by atoms with Crippen molar-refractivity contribution in [2.45, 2.75) is 58.1 Å². The molecule has 3 aromatic rings. The third-order valence-electron chi connectivity index (χ3n) is 6.51. The van der Waals surface area contributed by atoms with E-state index >= 15 is 0 Å². The van der Waals surface area contributed by atoms with Gasteiger partial charge in [0.2, 0.25) is 5.95 Å². The topological polar surface area (TPSA) is 83.5 Å². The fraction of sp³-hybridized carbons (Fsp3) is 0.481. The lowest BCUT2D eigenvalue weighted by atomic mass is 10.1. The maximum absolute atomic E-state index is 13.7. The highest BCUT2D eigenvalue weighted by Crippen LogP contribution is 2.40. The van der Waals surface area contributed by atoms with E-state index in [0.29, 0.717) is 38.2 Å². The number of anilines is 2. The molecule has 0 spiro atoms. The molecule has 1 saturated carbocycles. The zero-order chi connectivity index (χ0) is 26.0. The van der Waals surface area contributed by atoms with Crippen molar-refractivity contribution in [1.82, 2.24) is 19.9 Å². The first-order valence-electron chi connectivity index (χ1n) is 12.8. The first-order valence-corrected chi connectivity index (χ1v) is 13.7. The predicted octanol–water partition coefficient (Wildman–Crippen LogP) is 5.82. The van der Waals surface area contributed by atoms with Gasteiger partial charge in [0.15, 0.2) is 5.13 Å². The van der Waals surface area contributed by atoms with Gasteiger partial charge in [-0.1, -0.05) is 24.2 Å². The highest BCUT2D eigenvalue weighted by atomic mass is 32.1. The van der Waals surface area contributed by atoms with Gasteiger partial charge in [-0.2, -0.15) is 0 Å². The van der Waals surface area contributed by atoms with Crippen LogP contribution in [0, 0.1) is 5.82 Å². The minimum Gasteiger partial charge on any atom is -0.444 e. The Hall–Kier alpha value is -3.27. The zero-order valence-corrected chi connectivity index (χ0v) is 22.4. The Bertz CT molecular complexity index is 1230. The number of amides is 1. The molecule has 10 heteroatoms.